The number of pyridine rings is 1. The van der Waals surface area contributed by atoms with Gasteiger partial charge >= 0.3 is 0 Å². The van der Waals surface area contributed by atoms with Crippen molar-refractivity contribution in [3.63, 3.8) is 0 Å². The van der Waals surface area contributed by atoms with E-state index >= 15 is 0 Å². The summed E-state index contributed by atoms with van der Waals surface area (Å²) in [7, 11) is 0. The number of aryl methyl sites for hydroxylation is 2. The van der Waals surface area contributed by atoms with E-state index in [1.807, 2.05) is 22.7 Å². The Balaban J connectivity index is 1.91. The molecule has 0 aromatic carbocycles. The van der Waals surface area contributed by atoms with Crippen molar-refractivity contribution in [3.05, 3.63) is 34.7 Å². The Kier molecular flexibility index (Phi) is 2.42. The summed E-state index contributed by atoms with van der Waals surface area (Å²) in [6.07, 6.45) is 6.14. The number of nitrogens with two attached hydrogens (primary N) is 1. The van der Waals surface area contributed by atoms with Crippen LogP contribution in [0.25, 0.3) is 5.65 Å². The molecule has 1 aliphatic rings. The highest BCUT2D eigenvalue weighted by Crippen LogP contribution is 2.37. The van der Waals surface area contributed by atoms with Crippen molar-refractivity contribution < 1.29 is 0 Å². The SMILES string of the molecule is Cc1ccc2nc(CCC3(N)CC3)c(Cl)n2c1. The van der Waals surface area contributed by atoms with Gasteiger partial charge in [0.1, 0.15) is 10.8 Å². The van der Waals surface area contributed by atoms with Crippen LogP contribution in [0.2, 0.25) is 5.15 Å². The fourth-order valence-electron chi connectivity index (χ4n) is 2.11. The van der Waals surface area contributed by atoms with E-state index < -0.39 is 0 Å². The lowest BCUT2D eigenvalue weighted by Crippen LogP contribution is -2.22. The van der Waals surface area contributed by atoms with Gasteiger partial charge in [0.15, 0.2) is 0 Å². The third-order valence-electron chi connectivity index (χ3n) is 3.53. The number of fused-ring (bicyclic) bond motifs is 1. The van der Waals surface area contributed by atoms with E-state index in [1.54, 1.807) is 0 Å². The minimum absolute atomic E-state index is 0.0645. The van der Waals surface area contributed by atoms with Gasteiger partial charge in [0.05, 0.1) is 5.69 Å². The lowest BCUT2D eigenvalue weighted by molar-refractivity contribution is 0.604. The van der Waals surface area contributed by atoms with Gasteiger partial charge in [-0.15, -0.1) is 0 Å². The summed E-state index contributed by atoms with van der Waals surface area (Å²) in [5, 5.41) is 0.730. The largest absolute Gasteiger partial charge is 0.325 e. The van der Waals surface area contributed by atoms with Crippen molar-refractivity contribution in [3.8, 4) is 0 Å². The maximum Gasteiger partial charge on any atom is 0.138 e. The molecule has 2 aromatic rings. The molecular formula is C13H16ClN3. The fourth-order valence-corrected chi connectivity index (χ4v) is 2.38. The summed E-state index contributed by atoms with van der Waals surface area (Å²) in [5.41, 5.74) is 9.21. The molecule has 2 heterocycles. The van der Waals surface area contributed by atoms with Crippen LogP contribution >= 0.6 is 11.6 Å². The Hall–Kier alpha value is -1.06. The van der Waals surface area contributed by atoms with Gasteiger partial charge in [-0.2, -0.15) is 0 Å². The zero-order valence-electron chi connectivity index (χ0n) is 9.91. The number of rotatable bonds is 3. The van der Waals surface area contributed by atoms with Crippen molar-refractivity contribution in [2.45, 2.75) is 38.1 Å². The van der Waals surface area contributed by atoms with Gasteiger partial charge in [-0.3, -0.25) is 4.40 Å². The van der Waals surface area contributed by atoms with Crippen molar-refractivity contribution >= 4 is 17.2 Å². The molecule has 0 saturated heterocycles. The number of aromatic nitrogens is 2. The summed E-state index contributed by atoms with van der Waals surface area (Å²) in [6.45, 7) is 2.05. The van der Waals surface area contributed by atoms with E-state index in [1.165, 1.54) is 5.56 Å². The van der Waals surface area contributed by atoms with Crippen LogP contribution in [0.4, 0.5) is 0 Å². The third-order valence-corrected chi connectivity index (χ3v) is 3.93. The first kappa shape index (κ1) is 11.1. The van der Waals surface area contributed by atoms with Crippen LogP contribution in [0.15, 0.2) is 18.3 Å². The summed E-state index contributed by atoms with van der Waals surface area (Å²) < 4.78 is 1.95. The molecule has 2 N–H and O–H groups in total. The average Bonchev–Trinajstić information content (AvgIpc) is 2.95. The Morgan fingerprint density at radius 2 is 2.24 bits per heavy atom. The van der Waals surface area contributed by atoms with Gasteiger partial charge in [0, 0.05) is 11.7 Å². The van der Waals surface area contributed by atoms with Crippen LogP contribution in [-0.2, 0) is 6.42 Å². The lowest BCUT2D eigenvalue weighted by Gasteiger charge is -2.05. The molecule has 2 aromatic heterocycles. The number of nitrogens with zero attached hydrogens (tertiary/aromatic N) is 2. The highest BCUT2D eigenvalue weighted by Gasteiger charge is 2.37. The first-order valence-corrected chi connectivity index (χ1v) is 6.37. The Morgan fingerprint density at radius 3 is 2.94 bits per heavy atom. The highest BCUT2D eigenvalue weighted by molar-refractivity contribution is 6.30. The monoisotopic (exact) mass is 249 g/mol. The second-order valence-corrected chi connectivity index (χ2v) is 5.50. The molecule has 0 atom stereocenters. The van der Waals surface area contributed by atoms with Crippen LogP contribution in [-0.4, -0.2) is 14.9 Å². The standard InChI is InChI=1S/C13H16ClN3/c1-9-2-3-11-16-10(12(14)17(11)8-9)4-5-13(15)6-7-13/h2-3,8H,4-7,15H2,1H3. The summed E-state index contributed by atoms with van der Waals surface area (Å²) >= 11 is 6.34. The first-order chi connectivity index (χ1) is 8.07. The van der Waals surface area contributed by atoms with Crippen molar-refractivity contribution in [1.82, 2.24) is 9.38 Å². The van der Waals surface area contributed by atoms with Gasteiger partial charge in [-0.05, 0) is 44.2 Å². The minimum atomic E-state index is 0.0645. The van der Waals surface area contributed by atoms with Crippen LogP contribution in [0.5, 0.6) is 0 Å². The van der Waals surface area contributed by atoms with Crippen molar-refractivity contribution in [2.24, 2.45) is 5.73 Å². The summed E-state index contributed by atoms with van der Waals surface area (Å²) in [6, 6.07) is 4.05. The fraction of sp³-hybridized carbons (Fsp3) is 0.462. The van der Waals surface area contributed by atoms with Gasteiger partial charge in [0.2, 0.25) is 0 Å². The predicted molar refractivity (Wildman–Crippen MR) is 69.4 cm³/mol. The molecule has 1 saturated carbocycles. The van der Waals surface area contributed by atoms with E-state index in [-0.39, 0.29) is 5.54 Å². The molecule has 1 aliphatic carbocycles. The smallest absolute Gasteiger partial charge is 0.138 e. The quantitative estimate of drug-likeness (QED) is 0.909. The topological polar surface area (TPSA) is 43.3 Å². The third kappa shape index (κ3) is 2.05. The molecule has 3 rings (SSSR count). The lowest BCUT2D eigenvalue weighted by atomic mass is 10.1. The van der Waals surface area contributed by atoms with Gasteiger partial charge in [-0.25, -0.2) is 4.98 Å². The van der Waals surface area contributed by atoms with Gasteiger partial charge < -0.3 is 5.73 Å². The Labute approximate surface area is 106 Å². The highest BCUT2D eigenvalue weighted by atomic mass is 35.5. The molecule has 0 amide bonds. The first-order valence-electron chi connectivity index (χ1n) is 5.99. The Bertz CT molecular complexity index is 569. The minimum Gasteiger partial charge on any atom is -0.325 e. The number of imidazole rings is 1. The van der Waals surface area contributed by atoms with Gasteiger partial charge in [0.25, 0.3) is 0 Å². The molecule has 90 valence electrons. The molecule has 0 bridgehead atoms. The zero-order valence-corrected chi connectivity index (χ0v) is 10.7. The molecule has 4 heteroatoms. The zero-order chi connectivity index (χ0) is 12.0. The van der Waals surface area contributed by atoms with Crippen molar-refractivity contribution in [1.29, 1.82) is 0 Å². The average molecular weight is 250 g/mol. The molecule has 1 fully saturated rings. The van der Waals surface area contributed by atoms with E-state index in [2.05, 4.69) is 11.9 Å². The van der Waals surface area contributed by atoms with Crippen molar-refractivity contribution in [2.75, 3.05) is 0 Å². The molecule has 0 aliphatic heterocycles. The molecule has 17 heavy (non-hydrogen) atoms. The van der Waals surface area contributed by atoms with E-state index in [0.717, 1.165) is 42.2 Å². The maximum absolute atomic E-state index is 6.34. The molecule has 3 nitrogen and oxygen atoms in total. The summed E-state index contributed by atoms with van der Waals surface area (Å²) in [5.74, 6) is 0. The summed E-state index contributed by atoms with van der Waals surface area (Å²) in [4.78, 5) is 4.56. The number of halogens is 1. The second-order valence-electron chi connectivity index (χ2n) is 5.15. The predicted octanol–water partition coefficient (Wildman–Crippen LogP) is 2.72. The molecular weight excluding hydrogens is 234 g/mol. The van der Waals surface area contributed by atoms with Crippen LogP contribution in [0.1, 0.15) is 30.5 Å². The van der Waals surface area contributed by atoms with Crippen LogP contribution in [0, 0.1) is 6.92 Å². The number of hydrogen-bond donors (Lipinski definition) is 1. The normalized spacial score (nSPS) is 17.6. The molecule has 0 spiro atoms. The van der Waals surface area contributed by atoms with Crippen LogP contribution in [0.3, 0.4) is 0 Å². The second kappa shape index (κ2) is 3.72. The number of hydrogen-bond acceptors (Lipinski definition) is 2. The Morgan fingerprint density at radius 1 is 1.47 bits per heavy atom. The van der Waals surface area contributed by atoms with E-state index in [0.29, 0.717) is 0 Å². The maximum atomic E-state index is 6.34. The van der Waals surface area contributed by atoms with E-state index in [4.69, 9.17) is 17.3 Å². The molecule has 0 radical (unpaired) electrons. The molecule has 0 unspecified atom stereocenters. The van der Waals surface area contributed by atoms with E-state index in [9.17, 15) is 0 Å². The van der Waals surface area contributed by atoms with Gasteiger partial charge in [-0.1, -0.05) is 17.7 Å². The van der Waals surface area contributed by atoms with Crippen LogP contribution < -0.4 is 5.73 Å².